The molecule has 0 spiro atoms. The molecule has 116 valence electrons. The van der Waals surface area contributed by atoms with E-state index in [1.807, 2.05) is 55.5 Å². The van der Waals surface area contributed by atoms with Gasteiger partial charge in [-0.25, -0.2) is 8.42 Å². The molecule has 1 N–H and O–H groups in total. The summed E-state index contributed by atoms with van der Waals surface area (Å²) in [5.41, 5.74) is 3.41. The van der Waals surface area contributed by atoms with Crippen molar-refractivity contribution < 1.29 is 8.42 Å². The molecular weight excluding hydrogens is 306 g/mol. The number of rotatable bonds is 4. The van der Waals surface area contributed by atoms with Gasteiger partial charge in [0.25, 0.3) is 10.0 Å². The molecule has 23 heavy (non-hydrogen) atoms. The van der Waals surface area contributed by atoms with Crippen LogP contribution in [0.1, 0.15) is 5.56 Å². The number of hydrogen-bond donors (Lipinski definition) is 1. The summed E-state index contributed by atoms with van der Waals surface area (Å²) in [5, 5.41) is 0. The zero-order chi connectivity index (χ0) is 16.3. The maximum atomic E-state index is 12.6. The zero-order valence-corrected chi connectivity index (χ0v) is 13.5. The van der Waals surface area contributed by atoms with Gasteiger partial charge in [0.15, 0.2) is 0 Å². The van der Waals surface area contributed by atoms with Crippen molar-refractivity contribution in [3.8, 4) is 11.1 Å². The Morgan fingerprint density at radius 3 is 2.04 bits per heavy atom. The van der Waals surface area contributed by atoms with Crippen LogP contribution in [0.3, 0.4) is 0 Å². The molecule has 3 aromatic carbocycles. The van der Waals surface area contributed by atoms with Crippen molar-refractivity contribution in [1.82, 2.24) is 0 Å². The smallest absolute Gasteiger partial charge is 0.261 e. The molecule has 0 fully saturated rings. The summed E-state index contributed by atoms with van der Waals surface area (Å²) in [6.45, 7) is 1.94. The van der Waals surface area contributed by atoms with Crippen molar-refractivity contribution in [2.75, 3.05) is 4.72 Å². The van der Waals surface area contributed by atoms with Crippen molar-refractivity contribution >= 4 is 15.7 Å². The molecule has 0 atom stereocenters. The summed E-state index contributed by atoms with van der Waals surface area (Å²) >= 11 is 0. The summed E-state index contributed by atoms with van der Waals surface area (Å²) in [4.78, 5) is 0.250. The van der Waals surface area contributed by atoms with E-state index in [9.17, 15) is 8.42 Å². The van der Waals surface area contributed by atoms with Gasteiger partial charge in [0.05, 0.1) is 10.6 Å². The van der Waals surface area contributed by atoms with Crippen LogP contribution in [0.2, 0.25) is 0 Å². The normalized spacial score (nSPS) is 11.2. The number of nitrogens with one attached hydrogen (secondary N) is 1. The van der Waals surface area contributed by atoms with E-state index in [2.05, 4.69) is 4.72 Å². The van der Waals surface area contributed by atoms with Crippen LogP contribution in [0.15, 0.2) is 83.8 Å². The highest BCUT2D eigenvalue weighted by Gasteiger charge is 2.16. The second-order valence-electron chi connectivity index (χ2n) is 5.33. The fraction of sp³-hybridized carbons (Fsp3) is 0.0526. The van der Waals surface area contributed by atoms with Crippen molar-refractivity contribution in [3.05, 3.63) is 84.4 Å². The fourth-order valence-corrected chi connectivity index (χ4v) is 3.51. The maximum Gasteiger partial charge on any atom is 0.261 e. The van der Waals surface area contributed by atoms with E-state index >= 15 is 0 Å². The fourth-order valence-electron chi connectivity index (χ4n) is 2.42. The first-order chi connectivity index (χ1) is 11.1. The molecule has 3 rings (SSSR count). The Balaban J connectivity index is 2.05. The van der Waals surface area contributed by atoms with Gasteiger partial charge in [-0.2, -0.15) is 0 Å². The van der Waals surface area contributed by atoms with E-state index < -0.39 is 10.0 Å². The van der Waals surface area contributed by atoms with E-state index in [1.54, 1.807) is 30.3 Å². The lowest BCUT2D eigenvalue weighted by Gasteiger charge is -2.14. The number of aryl methyl sites for hydroxylation is 1. The molecular formula is C19H17NO2S. The summed E-state index contributed by atoms with van der Waals surface area (Å²) in [5.74, 6) is 0. The summed E-state index contributed by atoms with van der Waals surface area (Å²) in [6.07, 6.45) is 0. The molecule has 0 heterocycles. The molecule has 4 heteroatoms. The van der Waals surface area contributed by atoms with Gasteiger partial charge < -0.3 is 0 Å². The molecule has 3 aromatic rings. The number of sulfonamides is 1. The van der Waals surface area contributed by atoms with Crippen LogP contribution >= 0.6 is 0 Å². The molecule has 0 radical (unpaired) electrons. The molecule has 0 unspecified atom stereocenters. The van der Waals surface area contributed by atoms with E-state index in [4.69, 9.17) is 0 Å². The van der Waals surface area contributed by atoms with Crippen molar-refractivity contribution in [2.24, 2.45) is 0 Å². The minimum absolute atomic E-state index is 0.250. The molecule has 3 nitrogen and oxygen atoms in total. The highest BCUT2D eigenvalue weighted by Crippen LogP contribution is 2.30. The summed E-state index contributed by atoms with van der Waals surface area (Å²) in [6, 6.07) is 23.9. The van der Waals surface area contributed by atoms with Crippen LogP contribution in [0, 0.1) is 6.92 Å². The Morgan fingerprint density at radius 2 is 1.39 bits per heavy atom. The third kappa shape index (κ3) is 3.43. The van der Waals surface area contributed by atoms with Gasteiger partial charge in [0, 0.05) is 5.56 Å². The average Bonchev–Trinajstić information content (AvgIpc) is 2.56. The number of benzene rings is 3. The van der Waals surface area contributed by atoms with Crippen LogP contribution in [-0.4, -0.2) is 8.42 Å². The first kappa shape index (κ1) is 15.3. The topological polar surface area (TPSA) is 46.2 Å². The predicted molar refractivity (Wildman–Crippen MR) is 93.9 cm³/mol. The van der Waals surface area contributed by atoms with Crippen molar-refractivity contribution in [3.63, 3.8) is 0 Å². The lowest BCUT2D eigenvalue weighted by molar-refractivity contribution is 0.601. The standard InChI is InChI=1S/C19H17NO2S/c1-15-12-13-18(16-8-4-2-5-9-16)19(14-15)20-23(21,22)17-10-6-3-7-11-17/h2-14,20H,1H3. The monoisotopic (exact) mass is 323 g/mol. The molecule has 0 aliphatic carbocycles. The third-order valence-electron chi connectivity index (χ3n) is 3.56. The lowest BCUT2D eigenvalue weighted by atomic mass is 10.0. The van der Waals surface area contributed by atoms with E-state index in [-0.39, 0.29) is 4.90 Å². The Kier molecular flexibility index (Phi) is 4.17. The van der Waals surface area contributed by atoms with E-state index in [0.717, 1.165) is 16.7 Å². The van der Waals surface area contributed by atoms with Crippen LogP contribution in [0.4, 0.5) is 5.69 Å². The Hall–Kier alpha value is -2.59. The minimum Gasteiger partial charge on any atom is -0.279 e. The Labute approximate surface area is 136 Å². The van der Waals surface area contributed by atoms with Gasteiger partial charge >= 0.3 is 0 Å². The first-order valence-electron chi connectivity index (χ1n) is 7.30. The van der Waals surface area contributed by atoms with Gasteiger partial charge in [-0.15, -0.1) is 0 Å². The predicted octanol–water partition coefficient (Wildman–Crippen LogP) is 4.46. The molecule has 0 saturated heterocycles. The van der Waals surface area contributed by atoms with Gasteiger partial charge in [-0.1, -0.05) is 60.7 Å². The number of anilines is 1. The average molecular weight is 323 g/mol. The maximum absolute atomic E-state index is 12.6. The highest BCUT2D eigenvalue weighted by atomic mass is 32.2. The quantitative estimate of drug-likeness (QED) is 0.770. The van der Waals surface area contributed by atoms with Crippen molar-refractivity contribution in [2.45, 2.75) is 11.8 Å². The molecule has 0 amide bonds. The Bertz CT molecular complexity index is 905. The van der Waals surface area contributed by atoms with Gasteiger partial charge in [0.2, 0.25) is 0 Å². The highest BCUT2D eigenvalue weighted by molar-refractivity contribution is 7.92. The second kappa shape index (κ2) is 6.26. The third-order valence-corrected chi connectivity index (χ3v) is 4.94. The van der Waals surface area contributed by atoms with Crippen LogP contribution in [0.5, 0.6) is 0 Å². The summed E-state index contributed by atoms with van der Waals surface area (Å²) < 4.78 is 27.9. The van der Waals surface area contributed by atoms with Crippen LogP contribution in [0.25, 0.3) is 11.1 Å². The minimum atomic E-state index is -3.61. The van der Waals surface area contributed by atoms with Gasteiger partial charge in [-0.3, -0.25) is 4.72 Å². The van der Waals surface area contributed by atoms with Gasteiger partial charge in [-0.05, 0) is 36.2 Å². The van der Waals surface area contributed by atoms with Crippen LogP contribution < -0.4 is 4.72 Å². The second-order valence-corrected chi connectivity index (χ2v) is 7.02. The molecule has 0 aliphatic heterocycles. The van der Waals surface area contributed by atoms with E-state index in [1.165, 1.54) is 0 Å². The van der Waals surface area contributed by atoms with Gasteiger partial charge in [0.1, 0.15) is 0 Å². The Morgan fingerprint density at radius 1 is 0.783 bits per heavy atom. The molecule has 0 saturated carbocycles. The largest absolute Gasteiger partial charge is 0.279 e. The van der Waals surface area contributed by atoms with Crippen LogP contribution in [-0.2, 0) is 10.0 Å². The lowest BCUT2D eigenvalue weighted by Crippen LogP contribution is -2.13. The SMILES string of the molecule is Cc1ccc(-c2ccccc2)c(NS(=O)(=O)c2ccccc2)c1. The molecule has 0 bridgehead atoms. The molecule has 0 aliphatic rings. The number of hydrogen-bond acceptors (Lipinski definition) is 2. The summed E-state index contributed by atoms with van der Waals surface area (Å²) in [7, 11) is -3.61. The van der Waals surface area contributed by atoms with E-state index in [0.29, 0.717) is 5.69 Å². The first-order valence-corrected chi connectivity index (χ1v) is 8.78. The zero-order valence-electron chi connectivity index (χ0n) is 12.7. The molecule has 0 aromatic heterocycles. The van der Waals surface area contributed by atoms with Crippen molar-refractivity contribution in [1.29, 1.82) is 0 Å².